The number of aliphatic hydroxyl groups is 1. The standard InChI is InChI=1S/C11H16O3/c1-13-8-11(12)9-14-7-10-5-3-2-4-6-10/h2-6,11-12H,7-9H2,1H3/t11-/m0/s1. The van der Waals surface area contributed by atoms with Crippen molar-refractivity contribution in [1.29, 1.82) is 0 Å². The second kappa shape index (κ2) is 6.54. The van der Waals surface area contributed by atoms with Crippen molar-refractivity contribution in [2.45, 2.75) is 12.7 Å². The summed E-state index contributed by atoms with van der Waals surface area (Å²) in [6, 6.07) is 9.86. The molecule has 78 valence electrons. The number of hydrogen-bond acceptors (Lipinski definition) is 3. The van der Waals surface area contributed by atoms with Crippen LogP contribution in [0.15, 0.2) is 30.3 Å². The Balaban J connectivity index is 2.16. The molecule has 1 rings (SSSR count). The molecule has 0 spiro atoms. The molecule has 0 saturated heterocycles. The van der Waals surface area contributed by atoms with Crippen LogP contribution < -0.4 is 0 Å². The number of rotatable bonds is 6. The first-order chi connectivity index (χ1) is 6.83. The van der Waals surface area contributed by atoms with Gasteiger partial charge < -0.3 is 14.6 Å². The van der Waals surface area contributed by atoms with Crippen molar-refractivity contribution in [3.63, 3.8) is 0 Å². The molecule has 0 unspecified atom stereocenters. The second-order valence-corrected chi connectivity index (χ2v) is 3.11. The summed E-state index contributed by atoms with van der Waals surface area (Å²) >= 11 is 0. The summed E-state index contributed by atoms with van der Waals surface area (Å²) in [5, 5.41) is 9.28. The maximum Gasteiger partial charge on any atom is 0.101 e. The minimum absolute atomic E-state index is 0.308. The summed E-state index contributed by atoms with van der Waals surface area (Å²) in [5.41, 5.74) is 1.11. The highest BCUT2D eigenvalue weighted by Gasteiger charge is 2.02. The van der Waals surface area contributed by atoms with Gasteiger partial charge >= 0.3 is 0 Å². The summed E-state index contributed by atoms with van der Waals surface area (Å²) in [5.74, 6) is 0. The van der Waals surface area contributed by atoms with Gasteiger partial charge in [0, 0.05) is 7.11 Å². The molecule has 0 aliphatic carbocycles. The number of benzene rings is 1. The van der Waals surface area contributed by atoms with Gasteiger partial charge in [-0.25, -0.2) is 0 Å². The molecule has 3 nitrogen and oxygen atoms in total. The zero-order valence-corrected chi connectivity index (χ0v) is 8.35. The average Bonchev–Trinajstić information content (AvgIpc) is 2.20. The van der Waals surface area contributed by atoms with E-state index < -0.39 is 6.10 Å². The van der Waals surface area contributed by atoms with E-state index in [0.29, 0.717) is 19.8 Å². The fraction of sp³-hybridized carbons (Fsp3) is 0.455. The third kappa shape index (κ3) is 4.37. The highest BCUT2D eigenvalue weighted by atomic mass is 16.5. The molecular weight excluding hydrogens is 180 g/mol. The molecule has 0 amide bonds. The molecule has 3 heteroatoms. The van der Waals surface area contributed by atoms with Crippen molar-refractivity contribution in [2.75, 3.05) is 20.3 Å². The molecule has 0 bridgehead atoms. The Morgan fingerprint density at radius 2 is 1.93 bits per heavy atom. The lowest BCUT2D eigenvalue weighted by atomic mass is 10.2. The van der Waals surface area contributed by atoms with E-state index in [-0.39, 0.29) is 0 Å². The smallest absolute Gasteiger partial charge is 0.101 e. The molecule has 1 N–H and O–H groups in total. The number of methoxy groups -OCH3 is 1. The van der Waals surface area contributed by atoms with Crippen LogP contribution in [0.3, 0.4) is 0 Å². The Morgan fingerprint density at radius 1 is 1.21 bits per heavy atom. The van der Waals surface area contributed by atoms with E-state index in [0.717, 1.165) is 5.56 Å². The van der Waals surface area contributed by atoms with Crippen LogP contribution in [0.5, 0.6) is 0 Å². The van der Waals surface area contributed by atoms with Gasteiger partial charge in [-0.15, -0.1) is 0 Å². The first-order valence-electron chi connectivity index (χ1n) is 4.61. The summed E-state index contributed by atoms with van der Waals surface area (Å²) in [6.07, 6.45) is -0.538. The SMILES string of the molecule is COC[C@H](O)COCc1ccccc1. The van der Waals surface area contributed by atoms with Crippen LogP contribution in [0.25, 0.3) is 0 Å². The van der Waals surface area contributed by atoms with Crippen LogP contribution in [0.4, 0.5) is 0 Å². The fourth-order valence-corrected chi connectivity index (χ4v) is 1.13. The first kappa shape index (κ1) is 11.2. The third-order valence-corrected chi connectivity index (χ3v) is 1.78. The lowest BCUT2D eigenvalue weighted by Crippen LogP contribution is -2.20. The average molecular weight is 196 g/mol. The molecule has 14 heavy (non-hydrogen) atoms. The van der Waals surface area contributed by atoms with Crippen LogP contribution in [0.2, 0.25) is 0 Å². The van der Waals surface area contributed by atoms with E-state index in [1.807, 2.05) is 30.3 Å². The molecular formula is C11H16O3. The van der Waals surface area contributed by atoms with Crippen molar-refractivity contribution in [3.05, 3.63) is 35.9 Å². The van der Waals surface area contributed by atoms with Crippen molar-refractivity contribution in [2.24, 2.45) is 0 Å². The van der Waals surface area contributed by atoms with E-state index in [2.05, 4.69) is 0 Å². The van der Waals surface area contributed by atoms with E-state index in [4.69, 9.17) is 9.47 Å². The second-order valence-electron chi connectivity index (χ2n) is 3.11. The van der Waals surface area contributed by atoms with Gasteiger partial charge in [0.25, 0.3) is 0 Å². The summed E-state index contributed by atoms with van der Waals surface area (Å²) < 4.78 is 10.1. The Bertz CT molecular complexity index is 236. The minimum atomic E-state index is -0.538. The highest BCUT2D eigenvalue weighted by molar-refractivity contribution is 5.13. The Morgan fingerprint density at radius 3 is 2.57 bits per heavy atom. The molecule has 0 saturated carbocycles. The zero-order chi connectivity index (χ0) is 10.2. The Labute approximate surface area is 84.3 Å². The van der Waals surface area contributed by atoms with Gasteiger partial charge in [0.05, 0.1) is 19.8 Å². The topological polar surface area (TPSA) is 38.7 Å². The van der Waals surface area contributed by atoms with E-state index in [1.165, 1.54) is 0 Å². The van der Waals surface area contributed by atoms with Crippen LogP contribution in [0, 0.1) is 0 Å². The van der Waals surface area contributed by atoms with Crippen LogP contribution in [0.1, 0.15) is 5.56 Å². The van der Waals surface area contributed by atoms with Gasteiger partial charge in [-0.2, -0.15) is 0 Å². The van der Waals surface area contributed by atoms with E-state index in [1.54, 1.807) is 7.11 Å². The fourth-order valence-electron chi connectivity index (χ4n) is 1.13. The molecule has 0 aliphatic rings. The molecule has 0 radical (unpaired) electrons. The summed E-state index contributed by atoms with van der Waals surface area (Å²) in [7, 11) is 1.56. The zero-order valence-electron chi connectivity index (χ0n) is 8.35. The quantitative estimate of drug-likeness (QED) is 0.743. The van der Waals surface area contributed by atoms with Crippen molar-refractivity contribution in [1.82, 2.24) is 0 Å². The van der Waals surface area contributed by atoms with Crippen molar-refractivity contribution >= 4 is 0 Å². The predicted molar refractivity (Wildman–Crippen MR) is 54.0 cm³/mol. The first-order valence-corrected chi connectivity index (χ1v) is 4.61. The molecule has 1 atom stereocenters. The van der Waals surface area contributed by atoms with E-state index >= 15 is 0 Å². The lowest BCUT2D eigenvalue weighted by Gasteiger charge is -2.09. The molecule has 1 aromatic carbocycles. The number of ether oxygens (including phenoxy) is 2. The maximum absolute atomic E-state index is 9.28. The molecule has 0 aromatic heterocycles. The number of aliphatic hydroxyl groups excluding tert-OH is 1. The highest BCUT2D eigenvalue weighted by Crippen LogP contribution is 2.00. The molecule has 0 aliphatic heterocycles. The van der Waals surface area contributed by atoms with Gasteiger partial charge in [-0.05, 0) is 5.56 Å². The largest absolute Gasteiger partial charge is 0.388 e. The Kier molecular flexibility index (Phi) is 5.22. The number of hydrogen-bond donors (Lipinski definition) is 1. The van der Waals surface area contributed by atoms with Gasteiger partial charge in [0.1, 0.15) is 6.10 Å². The monoisotopic (exact) mass is 196 g/mol. The maximum atomic E-state index is 9.28. The molecule has 0 fully saturated rings. The third-order valence-electron chi connectivity index (χ3n) is 1.78. The predicted octanol–water partition coefficient (Wildman–Crippen LogP) is 1.21. The Hall–Kier alpha value is -0.900. The van der Waals surface area contributed by atoms with E-state index in [9.17, 15) is 5.11 Å². The van der Waals surface area contributed by atoms with Crippen LogP contribution in [-0.2, 0) is 16.1 Å². The molecule has 1 aromatic rings. The molecule has 0 heterocycles. The summed E-state index contributed by atoms with van der Waals surface area (Å²) in [4.78, 5) is 0. The van der Waals surface area contributed by atoms with Crippen LogP contribution >= 0.6 is 0 Å². The van der Waals surface area contributed by atoms with Crippen LogP contribution in [-0.4, -0.2) is 31.5 Å². The normalized spacial score (nSPS) is 12.7. The van der Waals surface area contributed by atoms with Gasteiger partial charge in [0.15, 0.2) is 0 Å². The van der Waals surface area contributed by atoms with Gasteiger partial charge in [-0.3, -0.25) is 0 Å². The summed E-state index contributed by atoms with van der Waals surface area (Å²) in [6.45, 7) is 1.15. The lowest BCUT2D eigenvalue weighted by molar-refractivity contribution is -0.0114. The van der Waals surface area contributed by atoms with Crippen molar-refractivity contribution < 1.29 is 14.6 Å². The van der Waals surface area contributed by atoms with Gasteiger partial charge in [-0.1, -0.05) is 30.3 Å². The van der Waals surface area contributed by atoms with Crippen molar-refractivity contribution in [3.8, 4) is 0 Å². The van der Waals surface area contributed by atoms with Gasteiger partial charge in [0.2, 0.25) is 0 Å². The minimum Gasteiger partial charge on any atom is -0.388 e.